The quantitative estimate of drug-likeness (QED) is 0.534. The maximum absolute atomic E-state index is 10.8. The first kappa shape index (κ1) is 16.8. The molecule has 1 heterocycles. The van der Waals surface area contributed by atoms with Gasteiger partial charge in [0.1, 0.15) is 6.04 Å². The summed E-state index contributed by atoms with van der Waals surface area (Å²) in [5, 5.41) is 16.2. The van der Waals surface area contributed by atoms with E-state index in [-0.39, 0.29) is 0 Å². The number of hydrogen-bond donors (Lipinski definition) is 2. The number of carbonyl (C=O) groups is 2. The second-order valence-corrected chi connectivity index (χ2v) is 5.66. The van der Waals surface area contributed by atoms with E-state index < -0.39 is 12.0 Å². The van der Waals surface area contributed by atoms with Crippen LogP contribution in [0.15, 0.2) is 0 Å². The summed E-state index contributed by atoms with van der Waals surface area (Å²) in [6.07, 6.45) is 0.783. The summed E-state index contributed by atoms with van der Waals surface area (Å²) >= 11 is 7.76. The third-order valence-electron chi connectivity index (χ3n) is 2.81. The number of aromatic nitrogens is 2. The van der Waals surface area contributed by atoms with Crippen molar-refractivity contribution >= 4 is 35.7 Å². The van der Waals surface area contributed by atoms with E-state index >= 15 is 0 Å². The molecule has 0 fully saturated rings. The van der Waals surface area contributed by atoms with E-state index in [9.17, 15) is 9.59 Å². The zero-order chi connectivity index (χ0) is 15.1. The predicted octanol–water partition coefficient (Wildman–Crippen LogP) is 1.69. The lowest BCUT2D eigenvalue weighted by molar-refractivity contribution is -0.140. The Kier molecular flexibility index (Phi) is 6.87. The van der Waals surface area contributed by atoms with Gasteiger partial charge in [0.15, 0.2) is 0 Å². The number of aliphatic carboxylic acids is 1. The summed E-state index contributed by atoms with van der Waals surface area (Å²) in [5.74, 6) is 0.258. The molecule has 0 aromatic carbocycles. The molecule has 1 rings (SSSR count). The Morgan fingerprint density at radius 3 is 2.90 bits per heavy atom. The molecule has 0 aliphatic carbocycles. The average Bonchev–Trinajstić information content (AvgIpc) is 2.69. The lowest BCUT2D eigenvalue weighted by Crippen LogP contribution is -2.36. The predicted molar refractivity (Wildman–Crippen MR) is 79.1 cm³/mol. The molecule has 0 aliphatic heterocycles. The number of hydrogen-bond acceptors (Lipinski definition) is 4. The molecule has 0 radical (unpaired) electrons. The maximum Gasteiger partial charge on any atom is 0.326 e. The van der Waals surface area contributed by atoms with Gasteiger partial charge >= 0.3 is 5.97 Å². The molecule has 20 heavy (non-hydrogen) atoms. The van der Waals surface area contributed by atoms with E-state index in [1.807, 2.05) is 18.5 Å². The van der Waals surface area contributed by atoms with Crippen LogP contribution in [0.4, 0.5) is 0 Å². The smallest absolute Gasteiger partial charge is 0.326 e. The van der Waals surface area contributed by atoms with Crippen LogP contribution in [0.1, 0.15) is 24.7 Å². The molecule has 0 aliphatic rings. The van der Waals surface area contributed by atoms with E-state index in [2.05, 4.69) is 10.4 Å². The maximum atomic E-state index is 10.8. The van der Waals surface area contributed by atoms with Crippen molar-refractivity contribution in [3.05, 3.63) is 16.4 Å². The Labute approximate surface area is 126 Å². The fourth-order valence-electron chi connectivity index (χ4n) is 1.74. The standard InChI is InChI=1S/C12H18ClN3O3S/c1-3-16-10(11(13)8(2)15-16)6-20-5-4-9(12(18)19)14-7-17/h7,9H,3-6H2,1-2H3,(H,14,17)(H,18,19). The van der Waals surface area contributed by atoms with Gasteiger partial charge in [-0.05, 0) is 26.0 Å². The van der Waals surface area contributed by atoms with Gasteiger partial charge in [0.25, 0.3) is 0 Å². The molecule has 1 atom stereocenters. The average molecular weight is 320 g/mol. The van der Waals surface area contributed by atoms with E-state index in [4.69, 9.17) is 16.7 Å². The first-order valence-electron chi connectivity index (χ1n) is 6.23. The van der Waals surface area contributed by atoms with E-state index in [0.717, 1.165) is 17.9 Å². The summed E-state index contributed by atoms with van der Waals surface area (Å²) in [6, 6.07) is -0.840. The zero-order valence-electron chi connectivity index (χ0n) is 11.4. The summed E-state index contributed by atoms with van der Waals surface area (Å²) < 4.78 is 1.85. The molecule has 6 nitrogen and oxygen atoms in total. The highest BCUT2D eigenvalue weighted by molar-refractivity contribution is 7.98. The molecular weight excluding hydrogens is 302 g/mol. The molecule has 8 heteroatoms. The minimum Gasteiger partial charge on any atom is -0.480 e. The van der Waals surface area contributed by atoms with Crippen LogP contribution in [0, 0.1) is 6.92 Å². The largest absolute Gasteiger partial charge is 0.480 e. The summed E-state index contributed by atoms with van der Waals surface area (Å²) in [7, 11) is 0. The van der Waals surface area contributed by atoms with Gasteiger partial charge in [-0.3, -0.25) is 9.48 Å². The van der Waals surface area contributed by atoms with Crippen molar-refractivity contribution < 1.29 is 14.7 Å². The first-order chi connectivity index (χ1) is 9.51. The number of thioether (sulfide) groups is 1. The Bertz CT molecular complexity index is 479. The SMILES string of the molecule is CCn1nc(C)c(Cl)c1CSCCC(NC=O)C(=O)O. The second-order valence-electron chi connectivity index (χ2n) is 4.18. The normalized spacial score (nSPS) is 12.2. The van der Waals surface area contributed by atoms with Crippen LogP contribution in [0.3, 0.4) is 0 Å². The number of rotatable bonds is 9. The van der Waals surface area contributed by atoms with Gasteiger partial charge in [-0.25, -0.2) is 4.79 Å². The number of carboxylic acid groups (broad SMARTS) is 1. The third kappa shape index (κ3) is 4.42. The van der Waals surface area contributed by atoms with Crippen molar-refractivity contribution in [2.45, 2.75) is 38.6 Å². The van der Waals surface area contributed by atoms with Crippen molar-refractivity contribution in [3.63, 3.8) is 0 Å². The molecule has 0 saturated carbocycles. The van der Waals surface area contributed by atoms with Crippen LogP contribution >= 0.6 is 23.4 Å². The lowest BCUT2D eigenvalue weighted by atomic mass is 10.2. The van der Waals surface area contributed by atoms with Crippen molar-refractivity contribution in [2.24, 2.45) is 0 Å². The fraction of sp³-hybridized carbons (Fsp3) is 0.583. The summed E-state index contributed by atoms with van der Waals surface area (Å²) in [6.45, 7) is 4.59. The monoisotopic (exact) mass is 319 g/mol. The van der Waals surface area contributed by atoms with Crippen LogP contribution in [0.25, 0.3) is 0 Å². The number of carboxylic acids is 1. The Balaban J connectivity index is 2.48. The molecule has 0 spiro atoms. The molecule has 0 bridgehead atoms. The van der Waals surface area contributed by atoms with Gasteiger partial charge in [0, 0.05) is 12.3 Å². The van der Waals surface area contributed by atoms with Gasteiger partial charge in [0.05, 0.1) is 16.4 Å². The van der Waals surface area contributed by atoms with Crippen molar-refractivity contribution in [2.75, 3.05) is 5.75 Å². The van der Waals surface area contributed by atoms with Crippen LogP contribution in [-0.4, -0.2) is 39.1 Å². The topological polar surface area (TPSA) is 84.2 Å². The number of nitrogens with zero attached hydrogens (tertiary/aromatic N) is 2. The van der Waals surface area contributed by atoms with Crippen LogP contribution in [0.2, 0.25) is 5.02 Å². The van der Waals surface area contributed by atoms with Crippen LogP contribution < -0.4 is 5.32 Å². The van der Waals surface area contributed by atoms with Gasteiger partial charge in [-0.15, -0.1) is 0 Å². The number of amides is 1. The highest BCUT2D eigenvalue weighted by Crippen LogP contribution is 2.24. The minimum atomic E-state index is -1.02. The molecule has 1 aromatic rings. The molecule has 112 valence electrons. The van der Waals surface area contributed by atoms with E-state index in [1.54, 1.807) is 11.8 Å². The highest BCUT2D eigenvalue weighted by atomic mass is 35.5. The van der Waals surface area contributed by atoms with Crippen LogP contribution in [-0.2, 0) is 21.9 Å². The fourth-order valence-corrected chi connectivity index (χ4v) is 3.05. The number of carbonyl (C=O) groups excluding carboxylic acids is 1. The molecule has 2 N–H and O–H groups in total. The molecule has 1 unspecified atom stereocenters. The van der Waals surface area contributed by atoms with Crippen molar-refractivity contribution in [1.29, 1.82) is 0 Å². The van der Waals surface area contributed by atoms with Gasteiger partial charge in [-0.1, -0.05) is 11.6 Å². The molecular formula is C12H18ClN3O3S. The van der Waals surface area contributed by atoms with Crippen molar-refractivity contribution in [3.8, 4) is 0 Å². The molecule has 0 saturated heterocycles. The van der Waals surface area contributed by atoms with Crippen LogP contribution in [0.5, 0.6) is 0 Å². The lowest BCUT2D eigenvalue weighted by Gasteiger charge is -2.10. The van der Waals surface area contributed by atoms with Gasteiger partial charge < -0.3 is 10.4 Å². The Hall–Kier alpha value is -1.21. The van der Waals surface area contributed by atoms with E-state index in [0.29, 0.717) is 29.4 Å². The van der Waals surface area contributed by atoms with E-state index in [1.165, 1.54) is 0 Å². The van der Waals surface area contributed by atoms with Crippen molar-refractivity contribution in [1.82, 2.24) is 15.1 Å². The Morgan fingerprint density at radius 2 is 2.35 bits per heavy atom. The minimum absolute atomic E-state index is 0.371. The van der Waals surface area contributed by atoms with Gasteiger partial charge in [-0.2, -0.15) is 16.9 Å². The van der Waals surface area contributed by atoms with Gasteiger partial charge in [0.2, 0.25) is 6.41 Å². The number of halogens is 1. The summed E-state index contributed by atoms with van der Waals surface area (Å²) in [4.78, 5) is 21.1. The second kappa shape index (κ2) is 8.16. The molecule has 1 amide bonds. The zero-order valence-corrected chi connectivity index (χ0v) is 13.0. The third-order valence-corrected chi connectivity index (χ3v) is 4.30. The Morgan fingerprint density at radius 1 is 1.65 bits per heavy atom. The number of aryl methyl sites for hydroxylation is 2. The highest BCUT2D eigenvalue weighted by Gasteiger charge is 2.16. The summed E-state index contributed by atoms with van der Waals surface area (Å²) in [5.41, 5.74) is 1.75. The molecule has 1 aromatic heterocycles. The first-order valence-corrected chi connectivity index (χ1v) is 7.76. The number of nitrogens with one attached hydrogen (secondary N) is 1.